The number of rotatable bonds is 9. The Morgan fingerprint density at radius 2 is 1.69 bits per heavy atom. The maximum Gasteiger partial charge on any atom is 0.329 e. The summed E-state index contributed by atoms with van der Waals surface area (Å²) in [6.07, 6.45) is 7.72. The van der Waals surface area contributed by atoms with Gasteiger partial charge in [0, 0.05) is 0 Å². The summed E-state index contributed by atoms with van der Waals surface area (Å²) in [5, 5.41) is 8.99. The maximum absolute atomic E-state index is 12.7. The smallest absolute Gasteiger partial charge is 0.329 e. The minimum atomic E-state index is -0.911. The Morgan fingerprint density at radius 1 is 1.10 bits per heavy atom. The van der Waals surface area contributed by atoms with Crippen LogP contribution in [0.4, 0.5) is 4.39 Å². The van der Waals surface area contributed by atoms with Crippen molar-refractivity contribution in [1.82, 2.24) is 0 Å². The van der Waals surface area contributed by atoms with Crippen LogP contribution in [-0.4, -0.2) is 29.9 Å². The van der Waals surface area contributed by atoms with Gasteiger partial charge in [0.15, 0.2) is 0 Å². The lowest BCUT2D eigenvalue weighted by atomic mass is 9.48. The zero-order valence-electron chi connectivity index (χ0n) is 17.8. The van der Waals surface area contributed by atoms with E-state index in [9.17, 15) is 9.18 Å². The highest BCUT2D eigenvalue weighted by Gasteiger charge is 2.56. The van der Waals surface area contributed by atoms with Crippen LogP contribution >= 0.6 is 0 Å². The largest absolute Gasteiger partial charge is 0.489 e. The van der Waals surface area contributed by atoms with Crippen LogP contribution in [0.1, 0.15) is 71.3 Å². The Bertz CT molecular complexity index is 726. The lowest BCUT2D eigenvalue weighted by Crippen LogP contribution is -2.55. The molecule has 3 saturated carbocycles. The van der Waals surface area contributed by atoms with Gasteiger partial charge in [0.05, 0.1) is 11.9 Å². The molecule has 1 aromatic rings. The average Bonchev–Trinajstić information content (AvgIpc) is 2.74. The van der Waals surface area contributed by atoms with Crippen molar-refractivity contribution in [2.24, 2.45) is 5.41 Å². The summed E-state index contributed by atoms with van der Waals surface area (Å²) >= 11 is 0. The van der Waals surface area contributed by atoms with Crippen LogP contribution in [0.3, 0.4) is 0 Å². The Morgan fingerprint density at radius 3 is 2.17 bits per heavy atom. The summed E-state index contributed by atoms with van der Waals surface area (Å²) < 4.78 is 24.2. The molecule has 4 rings (SSSR count). The topological polar surface area (TPSA) is 55.8 Å². The molecule has 0 aromatic heterocycles. The van der Waals surface area contributed by atoms with Crippen molar-refractivity contribution in [3.8, 4) is 5.75 Å². The molecule has 1 aromatic carbocycles. The van der Waals surface area contributed by atoms with Gasteiger partial charge in [0.25, 0.3) is 0 Å². The van der Waals surface area contributed by atoms with Gasteiger partial charge in [0.1, 0.15) is 19.0 Å². The Hall–Kier alpha value is -1.88. The van der Waals surface area contributed by atoms with Gasteiger partial charge in [-0.3, -0.25) is 0 Å². The van der Waals surface area contributed by atoms with Crippen LogP contribution in [0.15, 0.2) is 36.2 Å². The van der Waals surface area contributed by atoms with E-state index in [1.807, 2.05) is 19.1 Å². The lowest BCUT2D eigenvalue weighted by Gasteiger charge is -2.59. The molecule has 0 unspecified atom stereocenters. The molecular formula is C24H33FO4. The van der Waals surface area contributed by atoms with Gasteiger partial charge in [-0.2, -0.15) is 0 Å². The molecule has 5 heteroatoms. The molecule has 3 aliphatic rings. The van der Waals surface area contributed by atoms with Crippen molar-refractivity contribution < 1.29 is 23.8 Å². The number of hydrogen-bond acceptors (Lipinski definition) is 3. The minimum Gasteiger partial charge on any atom is -0.489 e. The normalized spacial score (nSPS) is 27.1. The van der Waals surface area contributed by atoms with Crippen LogP contribution in [0.5, 0.6) is 5.75 Å². The maximum atomic E-state index is 12.7. The number of ether oxygens (including phenoxy) is 2. The van der Waals surface area contributed by atoms with Gasteiger partial charge >= 0.3 is 5.97 Å². The summed E-state index contributed by atoms with van der Waals surface area (Å²) in [5.41, 5.74) is 1.81. The van der Waals surface area contributed by atoms with Gasteiger partial charge in [-0.05, 0) is 92.9 Å². The van der Waals surface area contributed by atoms with Gasteiger partial charge in [0.2, 0.25) is 0 Å². The summed E-state index contributed by atoms with van der Waals surface area (Å²) in [4.78, 5) is 11.0. The molecule has 0 aliphatic heterocycles. The van der Waals surface area contributed by atoms with Gasteiger partial charge < -0.3 is 14.6 Å². The monoisotopic (exact) mass is 404 g/mol. The van der Waals surface area contributed by atoms with Crippen molar-refractivity contribution in [3.63, 3.8) is 0 Å². The molecule has 1 N–H and O–H groups in total. The molecule has 0 amide bonds. The lowest BCUT2D eigenvalue weighted by molar-refractivity contribution is -0.174. The third-order valence-corrected chi connectivity index (χ3v) is 7.58. The average molecular weight is 405 g/mol. The highest BCUT2D eigenvalue weighted by atomic mass is 19.1. The summed E-state index contributed by atoms with van der Waals surface area (Å²) in [5.74, 6) is -0.145. The molecule has 2 bridgehead atoms. The number of hydrogen-bond donors (Lipinski definition) is 1. The Balaban J connectivity index is 1.65. The molecule has 0 spiro atoms. The third-order valence-electron chi connectivity index (χ3n) is 7.58. The van der Waals surface area contributed by atoms with Crippen molar-refractivity contribution >= 4 is 5.97 Å². The van der Waals surface area contributed by atoms with E-state index in [0.717, 1.165) is 44.3 Å². The molecule has 0 heterocycles. The highest BCUT2D eigenvalue weighted by Crippen LogP contribution is 2.62. The van der Waals surface area contributed by atoms with Gasteiger partial charge in [-0.1, -0.05) is 19.1 Å². The van der Waals surface area contributed by atoms with Gasteiger partial charge in [-0.25, -0.2) is 9.18 Å². The number of carbonyl (C=O) groups is 1. The van der Waals surface area contributed by atoms with Gasteiger partial charge in [-0.15, -0.1) is 0 Å². The zero-order valence-corrected chi connectivity index (χ0v) is 17.8. The fraction of sp³-hybridized carbons (Fsp3) is 0.625. The summed E-state index contributed by atoms with van der Waals surface area (Å²) in [6, 6.07) is 8.30. The molecule has 3 fully saturated rings. The number of benzene rings is 1. The van der Waals surface area contributed by atoms with Crippen molar-refractivity contribution in [2.45, 2.75) is 76.7 Å². The van der Waals surface area contributed by atoms with Crippen LogP contribution in [0, 0.1) is 5.41 Å². The molecule has 0 atom stereocenters. The number of halogens is 1. The first-order chi connectivity index (χ1) is 13.8. The molecular weight excluding hydrogens is 371 g/mol. The van der Waals surface area contributed by atoms with Crippen molar-refractivity contribution in [1.29, 1.82) is 0 Å². The third kappa shape index (κ3) is 4.35. The van der Waals surface area contributed by atoms with E-state index in [1.165, 1.54) is 5.56 Å². The van der Waals surface area contributed by atoms with E-state index in [4.69, 9.17) is 14.6 Å². The fourth-order valence-corrected chi connectivity index (χ4v) is 5.21. The Labute approximate surface area is 173 Å². The van der Waals surface area contributed by atoms with Crippen LogP contribution in [0.2, 0.25) is 0 Å². The minimum absolute atomic E-state index is 0.0580. The second kappa shape index (κ2) is 8.47. The number of carboxylic acids is 1. The highest BCUT2D eigenvalue weighted by molar-refractivity contribution is 5.68. The first-order valence-corrected chi connectivity index (χ1v) is 10.6. The van der Waals surface area contributed by atoms with Crippen LogP contribution in [0.25, 0.3) is 0 Å². The van der Waals surface area contributed by atoms with E-state index >= 15 is 0 Å². The molecule has 0 radical (unpaired) electrons. The number of aliphatic carboxylic acids is 1. The van der Waals surface area contributed by atoms with E-state index in [2.05, 4.69) is 26.0 Å². The van der Waals surface area contributed by atoms with E-state index < -0.39 is 11.6 Å². The first kappa shape index (κ1) is 21.8. The molecule has 0 saturated heterocycles. The second-order valence-electron chi connectivity index (χ2n) is 9.19. The molecule has 29 heavy (non-hydrogen) atoms. The fourth-order valence-electron chi connectivity index (χ4n) is 5.21. The van der Waals surface area contributed by atoms with E-state index in [1.54, 1.807) is 0 Å². The summed E-state index contributed by atoms with van der Waals surface area (Å²) in [7, 11) is 0. The Kier molecular flexibility index (Phi) is 6.37. The SMILES string of the molecule is CC/C(=C\F)COc1ccc(C23CCC(C(C)(C)OCC(=O)O)(CC2)CC3)cc1. The zero-order chi connectivity index (χ0) is 21.1. The molecule has 160 valence electrons. The van der Waals surface area contributed by atoms with Crippen LogP contribution in [-0.2, 0) is 14.9 Å². The predicted octanol–water partition coefficient (Wildman–Crippen LogP) is 5.80. The van der Waals surface area contributed by atoms with Crippen molar-refractivity contribution in [2.75, 3.05) is 13.2 Å². The standard InChI is InChI=1S/C24H33FO4/c1-4-18(15-25)16-28-20-7-5-19(6-8-20)23-9-12-24(13-10-23,14-11-23)22(2,3)29-17-21(26)27/h5-8,15H,4,9-14,16-17H2,1-3H3,(H,26,27)/b18-15+. The summed E-state index contributed by atoms with van der Waals surface area (Å²) in [6.45, 7) is 6.06. The van der Waals surface area contributed by atoms with Crippen LogP contribution < -0.4 is 4.74 Å². The molecule has 3 aliphatic carbocycles. The first-order valence-electron chi connectivity index (χ1n) is 10.6. The van der Waals surface area contributed by atoms with E-state index in [-0.39, 0.29) is 24.0 Å². The number of fused-ring (bicyclic) bond motifs is 3. The second-order valence-corrected chi connectivity index (χ2v) is 9.19. The molecule has 4 nitrogen and oxygen atoms in total. The van der Waals surface area contributed by atoms with Crippen molar-refractivity contribution in [3.05, 3.63) is 41.7 Å². The number of carboxylic acid groups (broad SMARTS) is 1. The van der Waals surface area contributed by atoms with E-state index in [0.29, 0.717) is 18.3 Å². The quantitative estimate of drug-likeness (QED) is 0.565. The predicted molar refractivity (Wildman–Crippen MR) is 111 cm³/mol.